The van der Waals surface area contributed by atoms with Crippen LogP contribution >= 0.6 is 0 Å². The highest BCUT2D eigenvalue weighted by atomic mass is 16.5. The number of carbonyl (C=O) groups is 1. The van der Waals surface area contributed by atoms with Crippen molar-refractivity contribution in [3.05, 3.63) is 46.6 Å². The molecule has 2 aromatic rings. The Balaban J connectivity index is 1.69. The Morgan fingerprint density at radius 3 is 3.10 bits per heavy atom. The number of hydrogen-bond donors (Lipinski definition) is 2. The van der Waals surface area contributed by atoms with Gasteiger partial charge in [-0.1, -0.05) is 5.16 Å². The van der Waals surface area contributed by atoms with E-state index in [0.717, 1.165) is 41.1 Å². The predicted molar refractivity (Wildman–Crippen MR) is 77.1 cm³/mol. The second-order valence-corrected chi connectivity index (χ2v) is 5.24. The first-order chi connectivity index (χ1) is 10.3. The van der Waals surface area contributed by atoms with Crippen LogP contribution in [0.25, 0.3) is 6.08 Å². The number of nitrogens with zero attached hydrogens (tertiary/aromatic N) is 2. The van der Waals surface area contributed by atoms with Crippen molar-refractivity contribution in [3.8, 4) is 0 Å². The fourth-order valence-corrected chi connectivity index (χ4v) is 2.82. The molecule has 2 aromatic heterocycles. The number of fused-ring (bicyclic) bond motifs is 1. The lowest BCUT2D eigenvalue weighted by molar-refractivity contribution is 0.0972. The third-order valence-corrected chi connectivity index (χ3v) is 3.82. The predicted octanol–water partition coefficient (Wildman–Crippen LogP) is 1.91. The van der Waals surface area contributed by atoms with Gasteiger partial charge < -0.3 is 14.9 Å². The lowest BCUT2D eigenvalue weighted by atomic mass is 9.97. The summed E-state index contributed by atoms with van der Waals surface area (Å²) in [4.78, 5) is 15.2. The summed E-state index contributed by atoms with van der Waals surface area (Å²) in [5, 5.41) is 7.94. The van der Waals surface area contributed by atoms with Crippen LogP contribution in [0, 0.1) is 0 Å². The van der Waals surface area contributed by atoms with Crippen LogP contribution in [0.5, 0.6) is 0 Å². The van der Waals surface area contributed by atoms with Gasteiger partial charge in [0.15, 0.2) is 11.5 Å². The quantitative estimate of drug-likeness (QED) is 0.881. The molecule has 21 heavy (non-hydrogen) atoms. The zero-order valence-electron chi connectivity index (χ0n) is 11.3. The molecule has 0 aromatic carbocycles. The van der Waals surface area contributed by atoms with Gasteiger partial charge in [-0.05, 0) is 25.0 Å². The van der Waals surface area contributed by atoms with Crippen molar-refractivity contribution < 1.29 is 9.32 Å². The molecule has 6 heteroatoms. The highest BCUT2D eigenvalue weighted by Gasteiger charge is 2.22. The van der Waals surface area contributed by atoms with Crippen molar-refractivity contribution in [2.75, 3.05) is 6.54 Å². The minimum absolute atomic E-state index is 0.228. The van der Waals surface area contributed by atoms with Gasteiger partial charge in [-0.15, -0.1) is 0 Å². The minimum Gasteiger partial charge on any atom is -0.358 e. The van der Waals surface area contributed by atoms with E-state index in [1.807, 2.05) is 12.1 Å². The number of aromatic nitrogens is 2. The SMILES string of the molecule is O=C1CCCc2[nH]c(C=C3CNN=C3c3ccno3)cc21. The maximum atomic E-state index is 11.9. The van der Waals surface area contributed by atoms with E-state index < -0.39 is 0 Å². The van der Waals surface area contributed by atoms with E-state index in [1.54, 1.807) is 12.3 Å². The summed E-state index contributed by atoms with van der Waals surface area (Å²) < 4.78 is 5.16. The van der Waals surface area contributed by atoms with Crippen LogP contribution in [-0.4, -0.2) is 28.2 Å². The van der Waals surface area contributed by atoms with Crippen LogP contribution in [-0.2, 0) is 6.42 Å². The van der Waals surface area contributed by atoms with Gasteiger partial charge in [-0.25, -0.2) is 0 Å². The van der Waals surface area contributed by atoms with Gasteiger partial charge in [-0.2, -0.15) is 5.10 Å². The number of nitrogens with one attached hydrogen (secondary N) is 2. The zero-order chi connectivity index (χ0) is 14.2. The topological polar surface area (TPSA) is 83.3 Å². The van der Waals surface area contributed by atoms with Crippen LogP contribution in [0.2, 0.25) is 0 Å². The molecule has 4 rings (SSSR count). The number of aromatic amines is 1. The van der Waals surface area contributed by atoms with Crippen molar-refractivity contribution >= 4 is 17.6 Å². The molecule has 0 amide bonds. The standard InChI is InChI=1S/C15H14N4O2/c20-13-3-1-2-12-11(13)7-10(18-12)6-9-8-16-19-15(9)14-4-5-17-21-14/h4-7,16,18H,1-3,8H2. The molecule has 0 bridgehead atoms. The number of aryl methyl sites for hydroxylation is 1. The fraction of sp³-hybridized carbons (Fsp3) is 0.267. The monoisotopic (exact) mass is 282 g/mol. The maximum absolute atomic E-state index is 11.9. The molecule has 0 radical (unpaired) electrons. The Morgan fingerprint density at radius 2 is 2.29 bits per heavy atom. The third kappa shape index (κ3) is 2.08. The van der Waals surface area contributed by atoms with Gasteiger partial charge in [0.25, 0.3) is 0 Å². The first kappa shape index (κ1) is 12.1. The van der Waals surface area contributed by atoms with Gasteiger partial charge >= 0.3 is 0 Å². The number of hydrogen-bond acceptors (Lipinski definition) is 5. The summed E-state index contributed by atoms with van der Waals surface area (Å²) in [6.45, 7) is 0.633. The van der Waals surface area contributed by atoms with Crippen LogP contribution in [0.4, 0.5) is 0 Å². The molecule has 3 heterocycles. The van der Waals surface area contributed by atoms with Crippen molar-refractivity contribution in [2.45, 2.75) is 19.3 Å². The van der Waals surface area contributed by atoms with E-state index in [2.05, 4.69) is 20.7 Å². The van der Waals surface area contributed by atoms with Crippen LogP contribution < -0.4 is 5.43 Å². The number of Topliss-reactive ketones (excluding diaryl/α,β-unsaturated/α-hetero) is 1. The molecule has 106 valence electrons. The molecule has 0 spiro atoms. The Labute approximate surface area is 120 Å². The number of ketones is 1. The molecule has 2 N–H and O–H groups in total. The molecular formula is C15H14N4O2. The molecule has 1 aliphatic heterocycles. The first-order valence-electron chi connectivity index (χ1n) is 6.99. The van der Waals surface area contributed by atoms with Gasteiger partial charge in [0.05, 0.1) is 12.7 Å². The molecule has 6 nitrogen and oxygen atoms in total. The molecule has 0 unspecified atom stereocenters. The summed E-state index contributed by atoms with van der Waals surface area (Å²) in [5.41, 5.74) is 7.53. The second-order valence-electron chi connectivity index (χ2n) is 5.24. The number of H-pyrrole nitrogens is 1. The van der Waals surface area contributed by atoms with Crippen molar-refractivity contribution in [3.63, 3.8) is 0 Å². The highest BCUT2D eigenvalue weighted by molar-refractivity contribution is 6.14. The van der Waals surface area contributed by atoms with Gasteiger partial charge in [0.1, 0.15) is 5.71 Å². The molecule has 2 aliphatic rings. The lowest BCUT2D eigenvalue weighted by Gasteiger charge is -2.08. The van der Waals surface area contributed by atoms with Crippen molar-refractivity contribution in [1.29, 1.82) is 0 Å². The number of rotatable bonds is 2. The molecule has 0 atom stereocenters. The summed E-state index contributed by atoms with van der Waals surface area (Å²) in [7, 11) is 0. The van der Waals surface area contributed by atoms with Crippen molar-refractivity contribution in [2.24, 2.45) is 5.10 Å². The highest BCUT2D eigenvalue weighted by Crippen LogP contribution is 2.24. The second kappa shape index (κ2) is 4.73. The van der Waals surface area contributed by atoms with Gasteiger partial charge in [0.2, 0.25) is 0 Å². The smallest absolute Gasteiger partial charge is 0.187 e. The Kier molecular flexibility index (Phi) is 2.73. The van der Waals surface area contributed by atoms with E-state index in [0.29, 0.717) is 18.7 Å². The summed E-state index contributed by atoms with van der Waals surface area (Å²) in [6.07, 6.45) is 6.11. The number of hydrazone groups is 1. The maximum Gasteiger partial charge on any atom is 0.187 e. The molecule has 0 saturated heterocycles. The lowest BCUT2D eigenvalue weighted by Crippen LogP contribution is -2.08. The Bertz CT molecular complexity index is 753. The molecular weight excluding hydrogens is 268 g/mol. The number of carbonyl (C=O) groups excluding carboxylic acids is 1. The molecule has 0 saturated carbocycles. The van der Waals surface area contributed by atoms with E-state index in [4.69, 9.17) is 4.52 Å². The van der Waals surface area contributed by atoms with Crippen LogP contribution in [0.15, 0.2) is 33.5 Å². The average Bonchev–Trinajstić information content (AvgIpc) is 3.17. The summed E-state index contributed by atoms with van der Waals surface area (Å²) in [5.74, 6) is 0.865. The van der Waals surface area contributed by atoms with E-state index in [1.165, 1.54) is 0 Å². The van der Waals surface area contributed by atoms with Crippen LogP contribution in [0.1, 0.15) is 40.3 Å². The third-order valence-electron chi connectivity index (χ3n) is 3.82. The van der Waals surface area contributed by atoms with Crippen LogP contribution in [0.3, 0.4) is 0 Å². The van der Waals surface area contributed by atoms with E-state index in [9.17, 15) is 4.79 Å². The molecule has 1 aliphatic carbocycles. The summed E-state index contributed by atoms with van der Waals surface area (Å²) >= 11 is 0. The Hall–Kier alpha value is -2.63. The minimum atomic E-state index is 0.228. The van der Waals surface area contributed by atoms with Crippen molar-refractivity contribution in [1.82, 2.24) is 15.6 Å². The van der Waals surface area contributed by atoms with E-state index >= 15 is 0 Å². The normalized spacial score (nSPS) is 19.5. The van der Waals surface area contributed by atoms with Gasteiger partial charge in [0, 0.05) is 35.0 Å². The largest absolute Gasteiger partial charge is 0.358 e. The Morgan fingerprint density at radius 1 is 1.33 bits per heavy atom. The van der Waals surface area contributed by atoms with E-state index in [-0.39, 0.29) is 5.78 Å². The molecule has 0 fully saturated rings. The zero-order valence-corrected chi connectivity index (χ0v) is 11.3. The average molecular weight is 282 g/mol. The fourth-order valence-electron chi connectivity index (χ4n) is 2.82. The first-order valence-corrected chi connectivity index (χ1v) is 6.99. The van der Waals surface area contributed by atoms with Gasteiger partial charge in [-0.3, -0.25) is 4.79 Å². The summed E-state index contributed by atoms with van der Waals surface area (Å²) in [6, 6.07) is 3.71.